The molecule has 126 heavy (non-hydrogen) atoms. The van der Waals surface area contributed by atoms with Crippen LogP contribution in [0.3, 0.4) is 0 Å². The van der Waals surface area contributed by atoms with Crippen LogP contribution in [0.4, 0.5) is 0 Å². The lowest BCUT2D eigenvalue weighted by Gasteiger charge is -2.52. The Bertz CT molecular complexity index is 3440. The molecule has 0 aromatic rings. The van der Waals surface area contributed by atoms with Gasteiger partial charge in [-0.2, -0.15) is 0 Å². The number of rotatable bonds is 33. The van der Waals surface area contributed by atoms with E-state index in [9.17, 15) is 162 Å². The highest BCUT2D eigenvalue weighted by molar-refractivity contribution is 5.75. The van der Waals surface area contributed by atoms with Gasteiger partial charge in [-0.1, -0.05) is 0 Å². The second-order valence-corrected chi connectivity index (χ2v) is 31.7. The molecule has 1 unspecified atom stereocenters. The van der Waals surface area contributed by atoms with Crippen LogP contribution in [0.25, 0.3) is 0 Å². The molecule has 0 aromatic carbocycles. The number of ether oxygens (including phenoxy) is 19. The molecule has 10 aliphatic heterocycles. The van der Waals surface area contributed by atoms with E-state index in [2.05, 4.69) is 26.6 Å². The predicted molar refractivity (Wildman–Crippen MR) is 388 cm³/mol. The summed E-state index contributed by atoms with van der Waals surface area (Å²) in [7, 11) is 0. The molecular weight excluding hydrogens is 1730 g/mol. The van der Waals surface area contributed by atoms with Crippen molar-refractivity contribution in [3.63, 3.8) is 0 Å². The molecule has 0 saturated carbocycles. The van der Waals surface area contributed by atoms with E-state index in [1.807, 2.05) is 0 Å². The van der Waals surface area contributed by atoms with Crippen molar-refractivity contribution in [1.82, 2.24) is 26.6 Å². The van der Waals surface area contributed by atoms with E-state index in [0.29, 0.717) is 0 Å². The summed E-state index contributed by atoms with van der Waals surface area (Å²) in [5.74, 6) is -4.72. The smallest absolute Gasteiger partial charge is 0.217 e. The molecule has 10 saturated heterocycles. The van der Waals surface area contributed by atoms with Crippen molar-refractivity contribution in [2.45, 2.75) is 341 Å². The lowest BCUT2D eigenvalue weighted by atomic mass is 9.93. The number of aliphatic hydroxyl groups excluding tert-OH is 27. The van der Waals surface area contributed by atoms with Crippen molar-refractivity contribution in [1.29, 1.82) is 0 Å². The van der Waals surface area contributed by atoms with E-state index in [1.165, 1.54) is 0 Å². The SMILES string of the molecule is CC(=O)N[C@H]1[C@H](O[C@H]2[C@H](O)[C@@H](NC(C)=O)C(O)O[C@@H]2CO)O[C@H](CO)[C@@H](O[C@@H]2O[C@H](CO[C@H]3O[C@H](CO)[C@@H](O)[C@H](O)[C@@H]3O[C@@H]3O[C@H](CO)[C@@H](O)[C@H](O)[C@H]3NC(C)=O)[C@@H](O)[C@H](O[C@H]3O[C@H](CO)[C@@H](O[C@@H]4O[C@H](CO)[C@@H](O[C@@H]5O[C@H](CO)[C@H](O)[C@H](O)[C@H]5O)[C@H](O)[C@H]4NC(C)=O)[C@H](O)[C@@H]3O[C@@H]3O[C@H](CO)[C@@H](O[C@@H]4O[C@H](CO)[C@H](O)[C@H](O)[C@H]4O)[C@H](O)[C@H]3NC(C)=O)[C@@H]2O)[C@@H]1O. The molecule has 50 atom stereocenters. The lowest BCUT2D eigenvalue weighted by molar-refractivity contribution is -0.406. The van der Waals surface area contributed by atoms with E-state index in [0.717, 1.165) is 34.6 Å². The van der Waals surface area contributed by atoms with Crippen molar-refractivity contribution in [2.75, 3.05) is 66.1 Å². The van der Waals surface area contributed by atoms with Crippen LogP contribution >= 0.6 is 0 Å². The Labute approximate surface area is 713 Å². The maximum absolute atomic E-state index is 13.3. The molecule has 5 amide bonds. The van der Waals surface area contributed by atoms with Gasteiger partial charge < -0.3 is 254 Å². The fourth-order valence-corrected chi connectivity index (χ4v) is 16.3. The van der Waals surface area contributed by atoms with Crippen LogP contribution in [0.1, 0.15) is 34.6 Å². The molecular formula is C70H117N5O51. The van der Waals surface area contributed by atoms with Gasteiger partial charge in [-0.25, -0.2) is 0 Å². The summed E-state index contributed by atoms with van der Waals surface area (Å²) in [5, 5.41) is 315. The topological polar surface area (TPSA) is 867 Å². The van der Waals surface area contributed by atoms with Gasteiger partial charge >= 0.3 is 0 Å². The van der Waals surface area contributed by atoms with Crippen molar-refractivity contribution in [3.8, 4) is 0 Å². The van der Waals surface area contributed by atoms with Gasteiger partial charge in [-0.05, 0) is 0 Å². The molecule has 56 nitrogen and oxygen atoms in total. The van der Waals surface area contributed by atoms with E-state index < -0.39 is 402 Å². The standard InChI is InChI=1S/C70H117N5O51/c1-16(85)71-31-42(96)53(25(10-80)109-61(31)107)119-63-33(73-18(3)87)44(98)56(28(13-83)114-63)123-68-52(106)58(40(94)30(118-68)15-108-69-59(48(102)39(93)24(9-79)113-69)125-62-32(72-17(2)86)41(95)36(90)21(6-76)110-62)124-70-60(126-65-35(75-20(5)89)45(99)55(27(12-82)116-65)122-67-50(104)47(101)38(92)23(8-78)112-67)51(105)57(29(14-84)117-70)120-64-34(74-19(4)88)43(97)54(26(11-81)115-64)121-66-49(103)46(100)37(91)22(7-77)111-66/h21-70,76-84,90-107H,6-15H2,1-5H3,(H,71,85)(H,72,86)(H,73,87)(H,74,88)(H,75,89)/t21-,22-,23-,24-,25-,26-,27-,28-,29-,30-,31-,32-,33-,34-,35-,36-,37+,38+,39-,40-,41-,42-,43-,44-,45-,46+,47+,48+,49-,50-,51+,52+,53-,54-,55-,56-,57-,58+,59+,60+,61?,62+,63+,64+,65+,66+,67+,68+,69+,70-/m1/s1. The molecule has 10 heterocycles. The van der Waals surface area contributed by atoms with Gasteiger partial charge in [0.2, 0.25) is 29.5 Å². The molecule has 0 aromatic heterocycles. The Morgan fingerprint density at radius 2 is 0.444 bits per heavy atom. The third kappa shape index (κ3) is 22.9. The number of carbonyl (C=O) groups excluding carboxylic acids is 5. The monoisotopic (exact) mass is 1840 g/mol. The Kier molecular flexibility index (Phi) is 37.4. The minimum atomic E-state index is -2.70. The van der Waals surface area contributed by atoms with E-state index in [1.54, 1.807) is 0 Å². The lowest BCUT2D eigenvalue weighted by Crippen LogP contribution is -2.71. The van der Waals surface area contributed by atoms with Gasteiger partial charge in [0.25, 0.3) is 0 Å². The number of aliphatic hydroxyl groups is 27. The van der Waals surface area contributed by atoms with Gasteiger partial charge in [-0.3, -0.25) is 24.0 Å². The number of hydrogen-bond acceptors (Lipinski definition) is 51. The van der Waals surface area contributed by atoms with Crippen LogP contribution in [-0.2, 0) is 114 Å². The average molecular weight is 1840 g/mol. The summed E-state index contributed by atoms with van der Waals surface area (Å²) >= 11 is 0. The van der Waals surface area contributed by atoms with Gasteiger partial charge in [0.05, 0.1) is 66.1 Å². The van der Waals surface area contributed by atoms with Gasteiger partial charge in [0.15, 0.2) is 62.9 Å². The van der Waals surface area contributed by atoms with E-state index >= 15 is 0 Å². The van der Waals surface area contributed by atoms with Crippen LogP contribution in [0.5, 0.6) is 0 Å². The van der Waals surface area contributed by atoms with Crippen molar-refractivity contribution in [3.05, 3.63) is 0 Å². The number of nitrogens with one attached hydrogen (secondary N) is 5. The highest BCUT2D eigenvalue weighted by Crippen LogP contribution is 2.42. The number of hydrogen-bond donors (Lipinski definition) is 32. The van der Waals surface area contributed by atoms with Gasteiger partial charge in [0, 0.05) is 34.6 Å². The first-order chi connectivity index (χ1) is 59.6. The van der Waals surface area contributed by atoms with Crippen molar-refractivity contribution in [2.24, 2.45) is 0 Å². The van der Waals surface area contributed by atoms with Crippen molar-refractivity contribution < 1.29 is 252 Å². The van der Waals surface area contributed by atoms with Crippen LogP contribution in [0.15, 0.2) is 0 Å². The third-order valence-corrected chi connectivity index (χ3v) is 22.9. The first kappa shape index (κ1) is 104. The highest BCUT2D eigenvalue weighted by Gasteiger charge is 2.63. The maximum Gasteiger partial charge on any atom is 0.217 e. The van der Waals surface area contributed by atoms with Crippen LogP contribution in [0.2, 0.25) is 0 Å². The fraction of sp³-hybridized carbons (Fsp3) is 0.929. The van der Waals surface area contributed by atoms with E-state index in [-0.39, 0.29) is 0 Å². The zero-order chi connectivity index (χ0) is 92.8. The first-order valence-electron chi connectivity index (χ1n) is 40.1. The summed E-state index contributed by atoms with van der Waals surface area (Å²) in [6.07, 6.45) is -96.7. The van der Waals surface area contributed by atoms with Gasteiger partial charge in [-0.15, -0.1) is 0 Å². The second kappa shape index (κ2) is 45.5. The van der Waals surface area contributed by atoms with Crippen LogP contribution < -0.4 is 26.6 Å². The highest BCUT2D eigenvalue weighted by atomic mass is 16.8. The minimum Gasteiger partial charge on any atom is -0.394 e. The summed E-state index contributed by atoms with van der Waals surface area (Å²) in [5.41, 5.74) is 0. The Morgan fingerprint density at radius 1 is 0.206 bits per heavy atom. The Balaban J connectivity index is 1.05. The quantitative estimate of drug-likeness (QED) is 0.0290. The van der Waals surface area contributed by atoms with Crippen LogP contribution in [-0.4, -0.2) is 540 Å². The fourth-order valence-electron chi connectivity index (χ4n) is 16.3. The largest absolute Gasteiger partial charge is 0.394 e. The summed E-state index contributed by atoms with van der Waals surface area (Å²) < 4.78 is 114. The second-order valence-electron chi connectivity index (χ2n) is 31.7. The normalized spacial score (nSPS) is 48.4. The number of carbonyl (C=O) groups is 5. The molecule has 0 aliphatic carbocycles. The zero-order valence-electron chi connectivity index (χ0n) is 67.8. The Hall–Kier alpha value is -4.49. The average Bonchev–Trinajstić information content (AvgIpc) is 0.760. The Morgan fingerprint density at radius 3 is 0.802 bits per heavy atom. The first-order valence-corrected chi connectivity index (χ1v) is 40.1. The number of amides is 5. The maximum atomic E-state index is 13.3. The summed E-state index contributed by atoms with van der Waals surface area (Å²) in [4.78, 5) is 64.4. The van der Waals surface area contributed by atoms with Crippen molar-refractivity contribution >= 4 is 29.5 Å². The molecule has 728 valence electrons. The molecule has 10 fully saturated rings. The predicted octanol–water partition coefficient (Wildman–Crippen LogP) is -22.1. The van der Waals surface area contributed by atoms with Crippen LogP contribution in [0, 0.1) is 0 Å². The molecule has 0 radical (unpaired) electrons. The third-order valence-electron chi connectivity index (χ3n) is 22.9. The summed E-state index contributed by atoms with van der Waals surface area (Å²) in [6.45, 7) is -6.84. The zero-order valence-corrected chi connectivity index (χ0v) is 67.8. The molecule has 56 heteroatoms. The van der Waals surface area contributed by atoms with E-state index in [4.69, 9.17) is 90.0 Å². The van der Waals surface area contributed by atoms with Gasteiger partial charge in [0.1, 0.15) is 244 Å². The minimum absolute atomic E-state index is 0.813. The summed E-state index contributed by atoms with van der Waals surface area (Å²) in [6, 6.07) is -9.59. The molecule has 0 spiro atoms. The molecule has 10 rings (SSSR count). The molecule has 0 bridgehead atoms. The molecule has 10 aliphatic rings. The molecule has 32 N–H and O–H groups in total.